The third-order valence-corrected chi connectivity index (χ3v) is 3.26. The number of rotatable bonds is 3. The van der Waals surface area contributed by atoms with Crippen molar-refractivity contribution >= 4 is 22.5 Å². The van der Waals surface area contributed by atoms with Crippen LogP contribution in [0, 0.1) is 0 Å². The van der Waals surface area contributed by atoms with E-state index in [1.165, 1.54) is 6.20 Å². The Balaban J connectivity index is 1.92. The minimum absolute atomic E-state index is 0.341. The molecular weight excluding hydrogens is 274 g/mol. The zero-order valence-corrected chi connectivity index (χ0v) is 11.3. The highest BCUT2D eigenvalue weighted by Crippen LogP contribution is 2.25. The number of hydrogen-bond donors (Lipinski definition) is 1. The quantitative estimate of drug-likeness (QED) is 0.799. The predicted octanol–water partition coefficient (Wildman–Crippen LogP) is 3.53. The van der Waals surface area contributed by atoms with Crippen molar-refractivity contribution in [2.45, 2.75) is 6.54 Å². The van der Waals surface area contributed by atoms with E-state index in [2.05, 4.69) is 9.97 Å². The largest absolute Gasteiger partial charge is 0.437 e. The van der Waals surface area contributed by atoms with Gasteiger partial charge in [0.15, 0.2) is 0 Å². The third-order valence-electron chi connectivity index (χ3n) is 2.92. The van der Waals surface area contributed by atoms with Gasteiger partial charge in [0.25, 0.3) is 0 Å². The molecule has 2 aromatic heterocycles. The van der Waals surface area contributed by atoms with Gasteiger partial charge in [-0.05, 0) is 17.7 Å². The molecule has 0 aliphatic rings. The second-order valence-corrected chi connectivity index (χ2v) is 4.69. The molecule has 20 heavy (non-hydrogen) atoms. The van der Waals surface area contributed by atoms with Gasteiger partial charge >= 0.3 is 0 Å². The van der Waals surface area contributed by atoms with Crippen LogP contribution < -0.4 is 10.5 Å². The van der Waals surface area contributed by atoms with E-state index in [1.807, 2.05) is 30.3 Å². The molecule has 100 valence electrons. The fourth-order valence-electron chi connectivity index (χ4n) is 1.90. The topological polar surface area (TPSA) is 61.0 Å². The summed E-state index contributed by atoms with van der Waals surface area (Å²) in [4.78, 5) is 8.46. The van der Waals surface area contributed by atoms with Crippen LogP contribution in [0.1, 0.15) is 5.56 Å². The van der Waals surface area contributed by atoms with Crippen LogP contribution in [-0.2, 0) is 6.54 Å². The van der Waals surface area contributed by atoms with E-state index in [-0.39, 0.29) is 0 Å². The highest BCUT2D eigenvalue weighted by molar-refractivity contribution is 6.31. The van der Waals surface area contributed by atoms with Crippen molar-refractivity contribution in [2.24, 2.45) is 5.73 Å². The first kappa shape index (κ1) is 12.8. The van der Waals surface area contributed by atoms with Gasteiger partial charge in [-0.2, -0.15) is 0 Å². The van der Waals surface area contributed by atoms with Gasteiger partial charge in [-0.15, -0.1) is 0 Å². The number of halogens is 1. The van der Waals surface area contributed by atoms with Crippen molar-refractivity contribution in [3.63, 3.8) is 0 Å². The highest BCUT2D eigenvalue weighted by Gasteiger charge is 2.05. The van der Waals surface area contributed by atoms with Gasteiger partial charge in [0, 0.05) is 24.2 Å². The molecule has 2 N–H and O–H groups in total. The molecular formula is C15H12ClN3O. The summed E-state index contributed by atoms with van der Waals surface area (Å²) >= 11 is 5.97. The molecule has 2 heterocycles. The lowest BCUT2D eigenvalue weighted by molar-refractivity contribution is 0.461. The maximum absolute atomic E-state index is 5.97. The lowest BCUT2D eigenvalue weighted by atomic mass is 10.2. The summed E-state index contributed by atoms with van der Waals surface area (Å²) in [6, 6.07) is 11.5. The Hall–Kier alpha value is -2.17. The van der Waals surface area contributed by atoms with Crippen LogP contribution in [0.25, 0.3) is 10.9 Å². The zero-order valence-electron chi connectivity index (χ0n) is 10.6. The Morgan fingerprint density at radius 3 is 2.80 bits per heavy atom. The molecule has 0 spiro atoms. The second-order valence-electron chi connectivity index (χ2n) is 4.28. The van der Waals surface area contributed by atoms with E-state index >= 15 is 0 Å². The van der Waals surface area contributed by atoms with Gasteiger partial charge in [0.05, 0.1) is 16.7 Å². The molecule has 0 saturated carbocycles. The van der Waals surface area contributed by atoms with Crippen LogP contribution in [0.2, 0.25) is 5.02 Å². The highest BCUT2D eigenvalue weighted by atomic mass is 35.5. The Labute approximate surface area is 121 Å². The summed E-state index contributed by atoms with van der Waals surface area (Å²) in [5.74, 6) is 1.08. The minimum atomic E-state index is 0.341. The number of aromatic nitrogens is 2. The summed E-state index contributed by atoms with van der Waals surface area (Å²) in [6.45, 7) is 0.341. The summed E-state index contributed by atoms with van der Waals surface area (Å²) < 4.78 is 5.70. The maximum atomic E-state index is 5.97. The lowest BCUT2D eigenvalue weighted by Crippen LogP contribution is -1.99. The van der Waals surface area contributed by atoms with Crippen molar-refractivity contribution in [1.82, 2.24) is 9.97 Å². The fraction of sp³-hybridized carbons (Fsp3) is 0.0667. The Kier molecular flexibility index (Phi) is 3.50. The van der Waals surface area contributed by atoms with E-state index in [9.17, 15) is 0 Å². The fourth-order valence-corrected chi connectivity index (χ4v) is 2.08. The molecule has 0 atom stereocenters. The van der Waals surface area contributed by atoms with E-state index in [1.54, 1.807) is 12.3 Å². The Morgan fingerprint density at radius 2 is 1.95 bits per heavy atom. The van der Waals surface area contributed by atoms with Gasteiger partial charge in [-0.25, -0.2) is 4.98 Å². The molecule has 3 rings (SSSR count). The monoisotopic (exact) mass is 285 g/mol. The smallest absolute Gasteiger partial charge is 0.219 e. The molecule has 0 saturated heterocycles. The summed E-state index contributed by atoms with van der Waals surface area (Å²) in [5, 5.41) is 1.55. The molecule has 0 bridgehead atoms. The first-order valence-electron chi connectivity index (χ1n) is 6.13. The number of nitrogens with zero attached hydrogens (tertiary/aromatic N) is 2. The van der Waals surface area contributed by atoms with E-state index in [0.29, 0.717) is 23.2 Å². The number of ether oxygens (including phenoxy) is 1. The van der Waals surface area contributed by atoms with Gasteiger partial charge in [0.2, 0.25) is 5.88 Å². The van der Waals surface area contributed by atoms with Crippen LogP contribution in [0.4, 0.5) is 0 Å². The molecule has 0 fully saturated rings. The SMILES string of the molecule is NCc1cc(Oc2cnc3ccccc3c2)ncc1Cl. The minimum Gasteiger partial charge on any atom is -0.437 e. The van der Waals surface area contributed by atoms with Crippen LogP contribution >= 0.6 is 11.6 Å². The first-order chi connectivity index (χ1) is 9.76. The standard InChI is InChI=1S/C15H12ClN3O/c16-13-9-19-15(6-11(13)7-17)20-12-5-10-3-1-2-4-14(10)18-8-12/h1-6,8-9H,7,17H2. The molecule has 0 aliphatic carbocycles. The predicted molar refractivity (Wildman–Crippen MR) is 79.0 cm³/mol. The van der Waals surface area contributed by atoms with Crippen LogP contribution in [-0.4, -0.2) is 9.97 Å². The van der Waals surface area contributed by atoms with E-state index < -0.39 is 0 Å². The van der Waals surface area contributed by atoms with Crippen molar-refractivity contribution in [3.8, 4) is 11.6 Å². The molecule has 5 heteroatoms. The van der Waals surface area contributed by atoms with Crippen molar-refractivity contribution in [1.29, 1.82) is 0 Å². The average molecular weight is 286 g/mol. The molecule has 0 unspecified atom stereocenters. The van der Waals surface area contributed by atoms with Gasteiger partial charge in [-0.1, -0.05) is 29.8 Å². The Bertz CT molecular complexity index is 761. The summed E-state index contributed by atoms with van der Waals surface area (Å²) in [6.07, 6.45) is 3.20. The molecule has 0 amide bonds. The number of para-hydroxylation sites is 1. The second kappa shape index (κ2) is 5.45. The van der Waals surface area contributed by atoms with Gasteiger partial charge < -0.3 is 10.5 Å². The van der Waals surface area contributed by atoms with Crippen LogP contribution in [0.15, 0.2) is 48.8 Å². The van der Waals surface area contributed by atoms with Crippen LogP contribution in [0.3, 0.4) is 0 Å². The summed E-state index contributed by atoms with van der Waals surface area (Å²) in [7, 11) is 0. The average Bonchev–Trinajstić information content (AvgIpc) is 2.49. The number of fused-ring (bicyclic) bond motifs is 1. The van der Waals surface area contributed by atoms with Gasteiger partial charge in [0.1, 0.15) is 5.75 Å². The first-order valence-corrected chi connectivity index (χ1v) is 6.51. The third kappa shape index (κ3) is 2.57. The van der Waals surface area contributed by atoms with Crippen molar-refractivity contribution < 1.29 is 4.74 Å². The molecule has 1 aromatic carbocycles. The molecule has 0 aliphatic heterocycles. The molecule has 3 aromatic rings. The van der Waals surface area contributed by atoms with Gasteiger partial charge in [-0.3, -0.25) is 4.98 Å². The number of benzene rings is 1. The lowest BCUT2D eigenvalue weighted by Gasteiger charge is -2.07. The van der Waals surface area contributed by atoms with E-state index in [4.69, 9.17) is 22.1 Å². The zero-order chi connectivity index (χ0) is 13.9. The number of nitrogens with two attached hydrogens (primary N) is 1. The molecule has 4 nitrogen and oxygen atoms in total. The van der Waals surface area contributed by atoms with Crippen LogP contribution in [0.5, 0.6) is 11.6 Å². The number of hydrogen-bond acceptors (Lipinski definition) is 4. The number of pyridine rings is 2. The normalized spacial score (nSPS) is 10.7. The van der Waals surface area contributed by atoms with Crippen molar-refractivity contribution in [3.05, 3.63) is 59.4 Å². The summed E-state index contributed by atoms with van der Waals surface area (Å²) in [5.41, 5.74) is 7.33. The van der Waals surface area contributed by atoms with Crippen molar-refractivity contribution in [2.75, 3.05) is 0 Å². The van der Waals surface area contributed by atoms with E-state index in [0.717, 1.165) is 16.5 Å². The Morgan fingerprint density at radius 1 is 1.10 bits per heavy atom. The maximum Gasteiger partial charge on any atom is 0.219 e. The molecule has 0 radical (unpaired) electrons.